The number of aromatic nitrogens is 1. The van der Waals surface area contributed by atoms with Gasteiger partial charge in [-0.2, -0.15) is 12.6 Å². The molecule has 0 aliphatic heterocycles. The molecule has 1 aliphatic rings. The first-order valence-corrected chi connectivity index (χ1v) is 7.43. The second kappa shape index (κ2) is 4.18. The van der Waals surface area contributed by atoms with Gasteiger partial charge in [-0.05, 0) is 41.5 Å². The molecule has 0 amide bonds. The molecule has 2 nitrogen and oxygen atoms in total. The van der Waals surface area contributed by atoms with Gasteiger partial charge in [0.15, 0.2) is 0 Å². The molecule has 2 aromatic rings. The lowest BCUT2D eigenvalue weighted by atomic mass is 9.70. The summed E-state index contributed by atoms with van der Waals surface area (Å²) < 4.78 is 2.95. The Hall–Kier alpha value is -0.740. The van der Waals surface area contributed by atoms with Crippen LogP contribution in [0.15, 0.2) is 28.5 Å². The van der Waals surface area contributed by atoms with E-state index in [1.54, 1.807) is 11.3 Å². The predicted molar refractivity (Wildman–Crippen MR) is 76.2 cm³/mol. The Morgan fingerprint density at radius 3 is 2.88 bits per heavy atom. The van der Waals surface area contributed by atoms with E-state index in [0.29, 0.717) is 0 Å². The molecule has 0 unspecified atom stereocenters. The van der Waals surface area contributed by atoms with Crippen molar-refractivity contribution in [1.82, 2.24) is 4.57 Å². The van der Waals surface area contributed by atoms with Crippen molar-refractivity contribution in [2.45, 2.75) is 25.8 Å². The van der Waals surface area contributed by atoms with E-state index in [-0.39, 0.29) is 11.0 Å². The van der Waals surface area contributed by atoms with Crippen molar-refractivity contribution in [2.75, 3.05) is 5.75 Å². The molecule has 1 fully saturated rings. The van der Waals surface area contributed by atoms with Crippen LogP contribution in [0.2, 0.25) is 0 Å². The van der Waals surface area contributed by atoms with Gasteiger partial charge in [-0.3, -0.25) is 4.79 Å². The molecule has 0 aromatic carbocycles. The summed E-state index contributed by atoms with van der Waals surface area (Å²) in [7, 11) is 0. The van der Waals surface area contributed by atoms with E-state index >= 15 is 0 Å². The minimum absolute atomic E-state index is 0.150. The lowest BCUT2D eigenvalue weighted by molar-refractivity contribution is 0.137. The fourth-order valence-corrected chi connectivity index (χ4v) is 3.72. The summed E-state index contributed by atoms with van der Waals surface area (Å²) in [5.41, 5.74) is 0.410. The van der Waals surface area contributed by atoms with Crippen molar-refractivity contribution in [3.05, 3.63) is 34.1 Å². The summed E-state index contributed by atoms with van der Waals surface area (Å²) >= 11 is 6.07. The normalized spacial score (nSPS) is 18.2. The minimum Gasteiger partial charge on any atom is -0.314 e. The zero-order valence-electron chi connectivity index (χ0n) is 9.56. The number of hydrogen-bond acceptors (Lipinski definition) is 3. The summed E-state index contributed by atoms with van der Waals surface area (Å²) in [6.45, 7) is 0.821. The Kier molecular flexibility index (Phi) is 2.79. The van der Waals surface area contributed by atoms with Gasteiger partial charge in [0.05, 0.1) is 5.39 Å². The van der Waals surface area contributed by atoms with Crippen molar-refractivity contribution < 1.29 is 0 Å². The molecule has 90 valence electrons. The van der Waals surface area contributed by atoms with Gasteiger partial charge in [-0.25, -0.2) is 0 Å². The van der Waals surface area contributed by atoms with E-state index in [0.717, 1.165) is 22.4 Å². The number of fused-ring (bicyclic) bond motifs is 1. The molecular formula is C13H15NOS2. The molecule has 0 radical (unpaired) electrons. The Morgan fingerprint density at radius 1 is 1.41 bits per heavy atom. The molecule has 0 saturated heterocycles. The van der Waals surface area contributed by atoms with Gasteiger partial charge in [0, 0.05) is 17.4 Å². The number of thiol groups is 1. The van der Waals surface area contributed by atoms with E-state index in [4.69, 9.17) is 0 Å². The van der Waals surface area contributed by atoms with Crippen LogP contribution in [0, 0.1) is 5.41 Å². The topological polar surface area (TPSA) is 22.0 Å². The fraction of sp³-hybridized carbons (Fsp3) is 0.462. The first-order chi connectivity index (χ1) is 8.24. The highest BCUT2D eigenvalue weighted by Crippen LogP contribution is 2.43. The first-order valence-electron chi connectivity index (χ1n) is 5.92. The average molecular weight is 265 g/mol. The van der Waals surface area contributed by atoms with Crippen molar-refractivity contribution in [3.63, 3.8) is 0 Å². The standard InChI is InChI=1S/C13H15NOS2/c15-12-10-3-7-17-11(10)2-6-14(12)8-13(9-16)4-1-5-13/h2-3,6-7,16H,1,4-5,8-9H2. The number of thiophene rings is 1. The molecule has 17 heavy (non-hydrogen) atoms. The number of pyridine rings is 1. The third-order valence-corrected chi connectivity index (χ3v) is 5.40. The summed E-state index contributed by atoms with van der Waals surface area (Å²) in [5, 5.41) is 2.83. The maximum atomic E-state index is 12.3. The highest BCUT2D eigenvalue weighted by molar-refractivity contribution is 7.80. The smallest absolute Gasteiger partial charge is 0.259 e. The monoisotopic (exact) mass is 265 g/mol. The fourth-order valence-electron chi connectivity index (χ4n) is 2.54. The predicted octanol–water partition coefficient (Wildman–Crippen LogP) is 3.16. The Labute approximate surface area is 110 Å². The van der Waals surface area contributed by atoms with Crippen LogP contribution in [-0.2, 0) is 6.54 Å². The quantitative estimate of drug-likeness (QED) is 0.846. The van der Waals surface area contributed by atoms with E-state index < -0.39 is 0 Å². The molecule has 0 bridgehead atoms. The number of nitrogens with zero attached hydrogens (tertiary/aromatic N) is 1. The highest BCUT2D eigenvalue weighted by atomic mass is 32.1. The third-order valence-electron chi connectivity index (χ3n) is 3.85. The largest absolute Gasteiger partial charge is 0.314 e. The summed E-state index contributed by atoms with van der Waals surface area (Å²) in [5.74, 6) is 0.876. The molecule has 1 aliphatic carbocycles. The van der Waals surface area contributed by atoms with E-state index in [2.05, 4.69) is 12.6 Å². The van der Waals surface area contributed by atoms with Crippen molar-refractivity contribution >= 4 is 34.1 Å². The maximum Gasteiger partial charge on any atom is 0.259 e. The molecule has 0 N–H and O–H groups in total. The second-order valence-corrected chi connectivity index (χ2v) is 6.22. The summed E-state index contributed by atoms with van der Waals surface area (Å²) in [4.78, 5) is 12.3. The van der Waals surface area contributed by atoms with Gasteiger partial charge in [-0.1, -0.05) is 6.42 Å². The number of rotatable bonds is 3. The SMILES string of the molecule is O=c1c2ccsc2ccn1CC1(CS)CCC1. The molecule has 0 atom stereocenters. The zero-order chi connectivity index (χ0) is 11.9. The van der Waals surface area contributed by atoms with Gasteiger partial charge in [0.2, 0.25) is 0 Å². The van der Waals surface area contributed by atoms with E-state index in [1.165, 1.54) is 19.3 Å². The van der Waals surface area contributed by atoms with Crippen LogP contribution in [0.1, 0.15) is 19.3 Å². The third kappa shape index (κ3) is 1.83. The van der Waals surface area contributed by atoms with E-state index in [1.807, 2.05) is 28.3 Å². The highest BCUT2D eigenvalue weighted by Gasteiger charge is 2.36. The summed E-state index contributed by atoms with van der Waals surface area (Å²) in [6.07, 6.45) is 5.61. The van der Waals surface area contributed by atoms with Gasteiger partial charge in [-0.15, -0.1) is 11.3 Å². The Bertz CT molecular complexity index is 589. The van der Waals surface area contributed by atoms with Gasteiger partial charge < -0.3 is 4.57 Å². The van der Waals surface area contributed by atoms with Gasteiger partial charge in [0.1, 0.15) is 0 Å². The van der Waals surface area contributed by atoms with Crippen LogP contribution >= 0.6 is 24.0 Å². The van der Waals surface area contributed by atoms with E-state index in [9.17, 15) is 4.79 Å². The van der Waals surface area contributed by atoms with Gasteiger partial charge in [0.25, 0.3) is 5.56 Å². The molecule has 2 heterocycles. The van der Waals surface area contributed by atoms with Crippen LogP contribution < -0.4 is 5.56 Å². The maximum absolute atomic E-state index is 12.3. The van der Waals surface area contributed by atoms with Crippen molar-refractivity contribution in [3.8, 4) is 0 Å². The lowest BCUT2D eigenvalue weighted by Crippen LogP contribution is -2.38. The average Bonchev–Trinajstić information content (AvgIpc) is 2.75. The van der Waals surface area contributed by atoms with Gasteiger partial charge >= 0.3 is 0 Å². The summed E-state index contributed by atoms with van der Waals surface area (Å²) in [6, 6.07) is 3.97. The molecule has 4 heteroatoms. The Morgan fingerprint density at radius 2 is 2.24 bits per heavy atom. The van der Waals surface area contributed by atoms with Crippen LogP contribution in [0.3, 0.4) is 0 Å². The molecule has 2 aromatic heterocycles. The molecule has 1 saturated carbocycles. The number of hydrogen-bond donors (Lipinski definition) is 1. The van der Waals surface area contributed by atoms with Crippen molar-refractivity contribution in [2.24, 2.45) is 5.41 Å². The van der Waals surface area contributed by atoms with Crippen LogP contribution in [0.25, 0.3) is 10.1 Å². The molecular weight excluding hydrogens is 250 g/mol. The first kappa shape index (κ1) is 11.4. The second-order valence-electron chi connectivity index (χ2n) is 4.96. The van der Waals surface area contributed by atoms with Crippen LogP contribution in [0.4, 0.5) is 0 Å². The molecule has 0 spiro atoms. The minimum atomic E-state index is 0.150. The zero-order valence-corrected chi connectivity index (χ0v) is 11.3. The lowest BCUT2D eigenvalue weighted by Gasteiger charge is -2.41. The Balaban J connectivity index is 2.00. The van der Waals surface area contributed by atoms with Crippen LogP contribution in [0.5, 0.6) is 0 Å². The van der Waals surface area contributed by atoms with Crippen LogP contribution in [-0.4, -0.2) is 10.3 Å². The van der Waals surface area contributed by atoms with Crippen molar-refractivity contribution in [1.29, 1.82) is 0 Å². The molecule has 3 rings (SSSR count).